The third kappa shape index (κ3) is 4.41. The van der Waals surface area contributed by atoms with Crippen molar-refractivity contribution < 1.29 is 13.9 Å². The van der Waals surface area contributed by atoms with E-state index >= 15 is 0 Å². The highest BCUT2D eigenvalue weighted by Crippen LogP contribution is 2.27. The molecule has 0 amide bonds. The molecule has 0 aliphatic carbocycles. The van der Waals surface area contributed by atoms with E-state index in [1.54, 1.807) is 6.20 Å². The van der Waals surface area contributed by atoms with E-state index in [2.05, 4.69) is 14.9 Å². The Hall–Kier alpha value is -1.96. The van der Waals surface area contributed by atoms with Gasteiger partial charge in [0.2, 0.25) is 5.95 Å². The summed E-state index contributed by atoms with van der Waals surface area (Å²) in [4.78, 5) is 26.4. The third-order valence-electron chi connectivity index (χ3n) is 5.11. The zero-order chi connectivity index (χ0) is 18.7. The maximum atomic E-state index is 14.1. The van der Waals surface area contributed by atoms with Crippen LogP contribution in [0.15, 0.2) is 12.3 Å². The van der Waals surface area contributed by atoms with Crippen LogP contribution in [-0.4, -0.2) is 80.4 Å². The SMILES string of the molecule is CN(CC[C@H]1CCOC1=O)C[C@@H]1C[C@H](F)CN1c1ccnc(N(C)C)n1. The van der Waals surface area contributed by atoms with Crippen LogP contribution in [0.5, 0.6) is 0 Å². The van der Waals surface area contributed by atoms with E-state index in [1.165, 1.54) is 0 Å². The van der Waals surface area contributed by atoms with Gasteiger partial charge < -0.3 is 19.4 Å². The van der Waals surface area contributed by atoms with Gasteiger partial charge in [-0.25, -0.2) is 9.37 Å². The molecule has 0 aromatic carbocycles. The highest BCUT2D eigenvalue weighted by atomic mass is 19.1. The molecule has 8 heteroatoms. The topological polar surface area (TPSA) is 61.8 Å². The summed E-state index contributed by atoms with van der Waals surface area (Å²) in [6, 6.07) is 1.91. The molecule has 2 aliphatic rings. The quantitative estimate of drug-likeness (QED) is 0.676. The Bertz CT molecular complexity index is 629. The molecular formula is C18H28FN5O2. The van der Waals surface area contributed by atoms with Crippen molar-refractivity contribution >= 4 is 17.7 Å². The Labute approximate surface area is 154 Å². The number of hydrogen-bond acceptors (Lipinski definition) is 7. The van der Waals surface area contributed by atoms with Crippen molar-refractivity contribution in [3.8, 4) is 0 Å². The Morgan fingerprint density at radius 3 is 2.88 bits per heavy atom. The molecule has 0 bridgehead atoms. The first-order chi connectivity index (χ1) is 12.4. The molecule has 0 unspecified atom stereocenters. The smallest absolute Gasteiger partial charge is 0.309 e. The predicted molar refractivity (Wildman–Crippen MR) is 98.2 cm³/mol. The molecule has 0 N–H and O–H groups in total. The van der Waals surface area contributed by atoms with Crippen LogP contribution in [0, 0.1) is 5.92 Å². The van der Waals surface area contributed by atoms with E-state index in [0.717, 1.165) is 31.7 Å². The zero-order valence-electron chi connectivity index (χ0n) is 15.8. The van der Waals surface area contributed by atoms with Gasteiger partial charge in [-0.15, -0.1) is 0 Å². The fourth-order valence-electron chi connectivity index (χ4n) is 3.65. The van der Waals surface area contributed by atoms with Gasteiger partial charge in [-0.1, -0.05) is 0 Å². The lowest BCUT2D eigenvalue weighted by atomic mass is 10.0. The molecule has 0 radical (unpaired) electrons. The van der Waals surface area contributed by atoms with Crippen LogP contribution < -0.4 is 9.80 Å². The molecule has 3 atom stereocenters. The molecule has 2 aliphatic heterocycles. The molecule has 2 saturated heterocycles. The molecule has 2 fully saturated rings. The number of rotatable bonds is 7. The van der Waals surface area contributed by atoms with Crippen molar-refractivity contribution in [2.24, 2.45) is 5.92 Å². The number of carbonyl (C=O) groups excluding carboxylic acids is 1. The van der Waals surface area contributed by atoms with Gasteiger partial charge in [-0.2, -0.15) is 4.98 Å². The van der Waals surface area contributed by atoms with Crippen molar-refractivity contribution in [3.63, 3.8) is 0 Å². The fraction of sp³-hybridized carbons (Fsp3) is 0.722. The first-order valence-corrected chi connectivity index (χ1v) is 9.20. The van der Waals surface area contributed by atoms with Gasteiger partial charge in [0.25, 0.3) is 0 Å². The number of ether oxygens (including phenoxy) is 1. The van der Waals surface area contributed by atoms with E-state index in [-0.39, 0.29) is 17.9 Å². The second-order valence-corrected chi connectivity index (χ2v) is 7.45. The van der Waals surface area contributed by atoms with Crippen LogP contribution in [0.4, 0.5) is 16.2 Å². The van der Waals surface area contributed by atoms with Gasteiger partial charge in [0.15, 0.2) is 0 Å². The number of esters is 1. The number of carbonyl (C=O) groups is 1. The average molecular weight is 365 g/mol. The van der Waals surface area contributed by atoms with E-state index in [9.17, 15) is 9.18 Å². The minimum atomic E-state index is -0.851. The van der Waals surface area contributed by atoms with Crippen LogP contribution in [0.2, 0.25) is 0 Å². The molecular weight excluding hydrogens is 337 g/mol. The van der Waals surface area contributed by atoms with E-state index in [4.69, 9.17) is 4.74 Å². The molecule has 26 heavy (non-hydrogen) atoms. The summed E-state index contributed by atoms with van der Waals surface area (Å²) in [6.07, 6.45) is 2.96. The lowest BCUT2D eigenvalue weighted by molar-refractivity contribution is -0.141. The summed E-state index contributed by atoms with van der Waals surface area (Å²) in [5, 5.41) is 0. The summed E-state index contributed by atoms with van der Waals surface area (Å²) >= 11 is 0. The Balaban J connectivity index is 1.60. The second-order valence-electron chi connectivity index (χ2n) is 7.45. The largest absolute Gasteiger partial charge is 0.465 e. The van der Waals surface area contributed by atoms with Crippen LogP contribution in [0.3, 0.4) is 0 Å². The number of likely N-dealkylation sites (N-methyl/N-ethyl adjacent to an activating group) is 1. The predicted octanol–water partition coefficient (Wildman–Crippen LogP) is 1.34. The number of nitrogens with zero attached hydrogens (tertiary/aromatic N) is 5. The number of aromatic nitrogens is 2. The van der Waals surface area contributed by atoms with Crippen molar-refractivity contribution in [3.05, 3.63) is 12.3 Å². The Morgan fingerprint density at radius 1 is 1.38 bits per heavy atom. The third-order valence-corrected chi connectivity index (χ3v) is 5.11. The van der Waals surface area contributed by atoms with E-state index < -0.39 is 6.17 Å². The Kier molecular flexibility index (Phi) is 5.90. The fourth-order valence-corrected chi connectivity index (χ4v) is 3.65. The molecule has 1 aromatic heterocycles. The highest BCUT2D eigenvalue weighted by molar-refractivity contribution is 5.74. The maximum absolute atomic E-state index is 14.1. The molecule has 3 heterocycles. The van der Waals surface area contributed by atoms with Crippen LogP contribution in [-0.2, 0) is 9.53 Å². The number of cyclic esters (lactones) is 1. The summed E-state index contributed by atoms with van der Waals surface area (Å²) in [5.74, 6) is 1.32. The molecule has 3 rings (SSSR count). The number of halogens is 1. The summed E-state index contributed by atoms with van der Waals surface area (Å²) in [6.45, 7) is 2.43. The van der Waals surface area contributed by atoms with Crippen molar-refractivity contribution in [1.29, 1.82) is 0 Å². The summed E-state index contributed by atoms with van der Waals surface area (Å²) < 4.78 is 19.1. The first kappa shape index (κ1) is 18.8. The first-order valence-electron chi connectivity index (χ1n) is 9.20. The molecule has 144 valence electrons. The van der Waals surface area contributed by atoms with Crippen molar-refractivity contribution in [2.45, 2.75) is 31.5 Å². The van der Waals surface area contributed by atoms with Crippen LogP contribution >= 0.6 is 0 Å². The Morgan fingerprint density at radius 2 is 2.19 bits per heavy atom. The lowest BCUT2D eigenvalue weighted by Gasteiger charge is -2.29. The van der Waals surface area contributed by atoms with Gasteiger partial charge >= 0.3 is 5.97 Å². The minimum absolute atomic E-state index is 0.00979. The van der Waals surface area contributed by atoms with Gasteiger partial charge in [0.1, 0.15) is 12.0 Å². The van der Waals surface area contributed by atoms with Crippen molar-refractivity contribution in [2.75, 3.05) is 57.2 Å². The number of hydrogen-bond donors (Lipinski definition) is 0. The normalized spacial score (nSPS) is 25.8. The lowest BCUT2D eigenvalue weighted by Crippen LogP contribution is -2.40. The molecule has 7 nitrogen and oxygen atoms in total. The van der Waals surface area contributed by atoms with Crippen LogP contribution in [0.1, 0.15) is 19.3 Å². The number of alkyl halides is 1. The summed E-state index contributed by atoms with van der Waals surface area (Å²) in [5.41, 5.74) is 0. The van der Waals surface area contributed by atoms with Gasteiger partial charge in [-0.3, -0.25) is 4.79 Å². The maximum Gasteiger partial charge on any atom is 0.309 e. The average Bonchev–Trinajstić information content (AvgIpc) is 3.18. The molecule has 1 aromatic rings. The highest BCUT2D eigenvalue weighted by Gasteiger charge is 2.34. The summed E-state index contributed by atoms with van der Waals surface area (Å²) in [7, 11) is 5.80. The standard InChI is InChI=1S/C18H28FN5O2/c1-22(2)18-20-7-4-16(21-18)24-11-14(19)10-15(24)12-23(3)8-5-13-6-9-26-17(13)25/h4,7,13-15H,5-6,8-12H2,1-3H3/t13-,14-,15-/m0/s1. The molecule has 0 saturated carbocycles. The monoisotopic (exact) mass is 365 g/mol. The number of anilines is 2. The van der Waals surface area contributed by atoms with Gasteiger partial charge in [0.05, 0.1) is 19.1 Å². The van der Waals surface area contributed by atoms with Gasteiger partial charge in [-0.05, 0) is 32.5 Å². The molecule has 0 spiro atoms. The van der Waals surface area contributed by atoms with Gasteiger partial charge in [0, 0.05) is 39.3 Å². The minimum Gasteiger partial charge on any atom is -0.465 e. The zero-order valence-corrected chi connectivity index (χ0v) is 15.8. The van der Waals surface area contributed by atoms with E-state index in [1.807, 2.05) is 37.0 Å². The van der Waals surface area contributed by atoms with Crippen molar-refractivity contribution in [1.82, 2.24) is 14.9 Å². The van der Waals surface area contributed by atoms with Crippen LogP contribution in [0.25, 0.3) is 0 Å². The second kappa shape index (κ2) is 8.16. The van der Waals surface area contributed by atoms with E-state index in [0.29, 0.717) is 25.5 Å².